The Morgan fingerprint density at radius 3 is 2.51 bits per heavy atom. The van der Waals surface area contributed by atoms with Crippen molar-refractivity contribution in [1.82, 2.24) is 19.4 Å². The zero-order chi connectivity index (χ0) is 26.5. The summed E-state index contributed by atoms with van der Waals surface area (Å²) in [5.74, 6) is -3.02. The number of hydrogen-bond acceptors (Lipinski definition) is 5. The van der Waals surface area contributed by atoms with Crippen molar-refractivity contribution < 1.29 is 36.6 Å². The third-order valence-corrected chi connectivity index (χ3v) is 8.06. The fourth-order valence-corrected chi connectivity index (χ4v) is 5.94. The number of rotatable bonds is 5. The van der Waals surface area contributed by atoms with E-state index in [0.29, 0.717) is 66.9 Å². The van der Waals surface area contributed by atoms with Crippen LogP contribution in [0, 0.1) is 17.6 Å². The molecule has 37 heavy (non-hydrogen) atoms. The number of alkyl halides is 3. The number of carbonyl (C=O) groups is 2. The van der Waals surface area contributed by atoms with Gasteiger partial charge in [0.2, 0.25) is 5.91 Å². The van der Waals surface area contributed by atoms with Crippen LogP contribution in [0.2, 0.25) is 0 Å². The normalized spacial score (nSPS) is 17.4. The van der Waals surface area contributed by atoms with Crippen LogP contribution >= 0.6 is 11.3 Å². The molecule has 0 saturated carbocycles. The maximum Gasteiger partial charge on any atom is 0.443 e. The minimum absolute atomic E-state index is 0.0819. The highest BCUT2D eigenvalue weighted by Crippen LogP contribution is 2.36. The Hall–Kier alpha value is -3.06. The second kappa shape index (κ2) is 9.67. The van der Waals surface area contributed by atoms with E-state index in [2.05, 4.69) is 4.98 Å². The smallest absolute Gasteiger partial charge is 0.443 e. The van der Waals surface area contributed by atoms with Gasteiger partial charge in [-0.05, 0) is 44.0 Å². The molecule has 0 aliphatic carbocycles. The summed E-state index contributed by atoms with van der Waals surface area (Å²) in [5.41, 5.74) is 1.30. The van der Waals surface area contributed by atoms with E-state index in [-0.39, 0.29) is 35.9 Å². The summed E-state index contributed by atoms with van der Waals surface area (Å²) in [6, 6.07) is 1.95. The Balaban J connectivity index is 1.41. The number of thiazole rings is 1. The van der Waals surface area contributed by atoms with E-state index in [0.717, 1.165) is 12.3 Å². The highest BCUT2D eigenvalue weighted by atomic mass is 32.1. The van der Waals surface area contributed by atoms with Crippen LogP contribution in [0.25, 0.3) is 10.9 Å². The van der Waals surface area contributed by atoms with Gasteiger partial charge in [0.05, 0.1) is 31.1 Å². The van der Waals surface area contributed by atoms with Gasteiger partial charge in [-0.1, -0.05) is 0 Å². The molecule has 2 aliphatic heterocycles. The highest BCUT2D eigenvalue weighted by Gasteiger charge is 2.35. The number of aliphatic carboxylic acids is 1. The molecule has 198 valence electrons. The molecule has 2 aromatic heterocycles. The van der Waals surface area contributed by atoms with Gasteiger partial charge in [-0.2, -0.15) is 13.2 Å². The number of amides is 1. The molecule has 13 heteroatoms. The fraction of sp³-hybridized carbons (Fsp3) is 0.458. The number of halogens is 5. The third-order valence-electron chi connectivity index (χ3n) is 7.03. The SMILES string of the molecule is O=C(O)C1CCN(CC(=O)N2CCc3c(n(Cc4cnc(C(F)(F)F)s4)c4c(F)cc(F)cc34)C2)CC1. The van der Waals surface area contributed by atoms with Crippen molar-refractivity contribution in [2.24, 2.45) is 5.92 Å². The van der Waals surface area contributed by atoms with Gasteiger partial charge in [0.25, 0.3) is 0 Å². The average Bonchev–Trinajstić information content (AvgIpc) is 3.43. The Labute approximate surface area is 212 Å². The average molecular weight is 543 g/mol. The summed E-state index contributed by atoms with van der Waals surface area (Å²) in [4.78, 5) is 31.5. The van der Waals surface area contributed by atoms with Crippen LogP contribution in [0.4, 0.5) is 22.0 Å². The summed E-state index contributed by atoms with van der Waals surface area (Å²) >= 11 is 0.456. The molecule has 1 N–H and O–H groups in total. The maximum absolute atomic E-state index is 15.0. The summed E-state index contributed by atoms with van der Waals surface area (Å²) in [7, 11) is 0. The molecule has 5 rings (SSSR count). The molecular weight excluding hydrogens is 519 g/mol. The number of benzene rings is 1. The Morgan fingerprint density at radius 1 is 1.14 bits per heavy atom. The first kappa shape index (κ1) is 25.6. The largest absolute Gasteiger partial charge is 0.481 e. The predicted molar refractivity (Wildman–Crippen MR) is 124 cm³/mol. The van der Waals surface area contributed by atoms with Crippen molar-refractivity contribution in [2.75, 3.05) is 26.2 Å². The molecule has 0 radical (unpaired) electrons. The van der Waals surface area contributed by atoms with Crippen LogP contribution in [0.5, 0.6) is 0 Å². The number of piperidine rings is 1. The zero-order valence-corrected chi connectivity index (χ0v) is 20.3. The lowest BCUT2D eigenvalue weighted by molar-refractivity contribution is -0.143. The van der Waals surface area contributed by atoms with E-state index in [9.17, 15) is 31.5 Å². The first-order chi connectivity index (χ1) is 17.5. The highest BCUT2D eigenvalue weighted by molar-refractivity contribution is 7.11. The molecule has 0 unspecified atom stereocenters. The van der Waals surface area contributed by atoms with Gasteiger partial charge in [-0.25, -0.2) is 13.8 Å². The number of nitrogens with zero attached hydrogens (tertiary/aromatic N) is 4. The van der Waals surface area contributed by atoms with Gasteiger partial charge in [0, 0.05) is 34.8 Å². The van der Waals surface area contributed by atoms with E-state index in [1.807, 2.05) is 4.90 Å². The molecule has 1 amide bonds. The lowest BCUT2D eigenvalue weighted by atomic mass is 9.97. The van der Waals surface area contributed by atoms with Gasteiger partial charge in [-0.15, -0.1) is 11.3 Å². The van der Waals surface area contributed by atoms with E-state index < -0.39 is 34.7 Å². The molecule has 3 aromatic rings. The number of carbonyl (C=O) groups excluding carboxylic acids is 1. The number of hydrogen-bond donors (Lipinski definition) is 1. The Kier molecular flexibility index (Phi) is 6.69. The monoisotopic (exact) mass is 542 g/mol. The number of fused-ring (bicyclic) bond motifs is 3. The minimum Gasteiger partial charge on any atom is -0.481 e. The number of aromatic nitrogens is 2. The molecule has 1 fully saturated rings. The van der Waals surface area contributed by atoms with E-state index in [1.165, 1.54) is 10.6 Å². The van der Waals surface area contributed by atoms with Crippen molar-refractivity contribution >= 4 is 34.1 Å². The van der Waals surface area contributed by atoms with E-state index >= 15 is 0 Å². The maximum atomic E-state index is 15.0. The van der Waals surface area contributed by atoms with Crippen LogP contribution < -0.4 is 0 Å². The van der Waals surface area contributed by atoms with Crippen LogP contribution in [0.1, 0.15) is 34.0 Å². The molecule has 1 aromatic carbocycles. The summed E-state index contributed by atoms with van der Waals surface area (Å²) < 4.78 is 69.8. The second-order valence-electron chi connectivity index (χ2n) is 9.38. The molecule has 7 nitrogen and oxygen atoms in total. The second-order valence-corrected chi connectivity index (χ2v) is 10.5. The number of carboxylic acids is 1. The van der Waals surface area contributed by atoms with Gasteiger partial charge in [0.15, 0.2) is 5.01 Å². The lowest BCUT2D eigenvalue weighted by Gasteiger charge is -2.33. The van der Waals surface area contributed by atoms with Gasteiger partial charge in [0.1, 0.15) is 11.6 Å². The first-order valence-corrected chi connectivity index (χ1v) is 12.6. The standard InChI is InChI=1S/C24H23F5N4O3S/c25-14-7-17-16-3-6-32(20(34)12-31-4-1-13(2-5-31)22(35)36)11-19(16)33(21(17)18(26)8-14)10-15-9-30-23(37-15)24(27,28)29/h7-9,13H,1-6,10-12H2,(H,35,36). The van der Waals surface area contributed by atoms with Crippen LogP contribution in [-0.4, -0.2) is 62.5 Å². The predicted octanol–water partition coefficient (Wildman–Crippen LogP) is 4.12. The van der Waals surface area contributed by atoms with E-state index in [1.54, 1.807) is 4.90 Å². The number of carboxylic acid groups (broad SMARTS) is 1. The topological polar surface area (TPSA) is 78.7 Å². The molecule has 2 aliphatic rings. The van der Waals surface area contributed by atoms with E-state index in [4.69, 9.17) is 5.11 Å². The van der Waals surface area contributed by atoms with Crippen molar-refractivity contribution in [2.45, 2.75) is 38.5 Å². The number of likely N-dealkylation sites (tertiary alicyclic amines) is 1. The Bertz CT molecular complexity index is 1360. The minimum atomic E-state index is -4.60. The fourth-order valence-electron chi connectivity index (χ4n) is 5.17. The molecule has 0 bridgehead atoms. The molecule has 4 heterocycles. The van der Waals surface area contributed by atoms with Crippen LogP contribution in [0.3, 0.4) is 0 Å². The quantitative estimate of drug-likeness (QED) is 0.491. The van der Waals surface area contributed by atoms with Gasteiger partial charge >= 0.3 is 12.1 Å². The summed E-state index contributed by atoms with van der Waals surface area (Å²) in [5, 5.41) is 8.50. The third kappa shape index (κ3) is 5.06. The molecule has 1 saturated heterocycles. The van der Waals surface area contributed by atoms with Crippen LogP contribution in [-0.2, 0) is 35.3 Å². The summed E-state index contributed by atoms with van der Waals surface area (Å²) in [6.07, 6.45) is -2.25. The lowest BCUT2D eigenvalue weighted by Crippen LogP contribution is -2.45. The van der Waals surface area contributed by atoms with Gasteiger partial charge < -0.3 is 14.6 Å². The van der Waals surface area contributed by atoms with Crippen molar-refractivity contribution in [3.05, 3.63) is 51.1 Å². The zero-order valence-electron chi connectivity index (χ0n) is 19.5. The van der Waals surface area contributed by atoms with Crippen molar-refractivity contribution in [3.8, 4) is 0 Å². The van der Waals surface area contributed by atoms with Crippen molar-refractivity contribution in [3.63, 3.8) is 0 Å². The van der Waals surface area contributed by atoms with Crippen LogP contribution in [0.15, 0.2) is 18.3 Å². The molecular formula is C24H23F5N4O3S. The van der Waals surface area contributed by atoms with Gasteiger partial charge in [-0.3, -0.25) is 14.5 Å². The summed E-state index contributed by atoms with van der Waals surface area (Å²) in [6.45, 7) is 1.40. The first-order valence-electron chi connectivity index (χ1n) is 11.7. The van der Waals surface area contributed by atoms with Crippen molar-refractivity contribution in [1.29, 1.82) is 0 Å². The molecule has 0 spiro atoms. The Morgan fingerprint density at radius 2 is 1.86 bits per heavy atom. The molecule has 0 atom stereocenters.